The molecule has 5 nitrogen and oxygen atoms in total. The van der Waals surface area contributed by atoms with Gasteiger partial charge in [-0.25, -0.2) is 9.18 Å². The first-order chi connectivity index (χ1) is 13.0. The molecule has 2 aliphatic rings. The van der Waals surface area contributed by atoms with Gasteiger partial charge >= 0.3 is 6.03 Å². The third-order valence-electron chi connectivity index (χ3n) is 4.76. The summed E-state index contributed by atoms with van der Waals surface area (Å²) >= 11 is 1.63. The number of carbonyl (C=O) groups excluding carboxylic acids is 2. The van der Waals surface area contributed by atoms with Crippen LogP contribution < -0.4 is 10.6 Å². The molecule has 0 radical (unpaired) electrons. The number of rotatable bonds is 4. The fourth-order valence-electron chi connectivity index (χ4n) is 3.41. The number of thioether (sulfide) groups is 1. The van der Waals surface area contributed by atoms with E-state index in [0.29, 0.717) is 24.4 Å². The minimum atomic E-state index is -0.477. The standard InChI is InChI=1S/C20H18FN3O2S/c1-27-15-8-4-13(5-9-15)18-17-16(22-20(26)23-18)11-24(19(17)25)10-12-2-6-14(21)7-3-12/h2-9,18H,10-11H2,1H3,(H2,22,23,26)/t18-/m0/s1. The van der Waals surface area contributed by atoms with E-state index in [1.54, 1.807) is 28.8 Å². The number of nitrogens with one attached hydrogen (secondary N) is 2. The predicted octanol–water partition coefficient (Wildman–Crippen LogP) is 3.20. The van der Waals surface area contributed by atoms with Gasteiger partial charge in [-0.15, -0.1) is 11.8 Å². The van der Waals surface area contributed by atoms with Gasteiger partial charge in [-0.05, 0) is 41.6 Å². The van der Waals surface area contributed by atoms with E-state index in [1.165, 1.54) is 12.1 Å². The van der Waals surface area contributed by atoms with Gasteiger partial charge in [-0.2, -0.15) is 0 Å². The Labute approximate surface area is 160 Å². The smallest absolute Gasteiger partial charge is 0.319 e. The molecule has 0 aliphatic carbocycles. The van der Waals surface area contributed by atoms with Crippen LogP contribution in [0.5, 0.6) is 0 Å². The maximum atomic E-state index is 13.1. The summed E-state index contributed by atoms with van der Waals surface area (Å²) in [6, 6.07) is 13.1. The average Bonchev–Trinajstić information content (AvgIpc) is 2.98. The van der Waals surface area contributed by atoms with Crippen LogP contribution in [0.15, 0.2) is 64.7 Å². The van der Waals surface area contributed by atoms with E-state index < -0.39 is 6.04 Å². The SMILES string of the molecule is CSc1ccc([C@@H]2NC(=O)NC3=C2C(=O)N(Cc2ccc(F)cc2)C3)cc1. The summed E-state index contributed by atoms with van der Waals surface area (Å²) in [5.41, 5.74) is 2.90. The third kappa shape index (κ3) is 3.42. The Morgan fingerprint density at radius 3 is 2.48 bits per heavy atom. The Morgan fingerprint density at radius 1 is 1.11 bits per heavy atom. The lowest BCUT2D eigenvalue weighted by atomic mass is 9.96. The van der Waals surface area contributed by atoms with Crippen molar-refractivity contribution in [2.24, 2.45) is 0 Å². The minimum absolute atomic E-state index is 0.124. The molecule has 0 bridgehead atoms. The van der Waals surface area contributed by atoms with Crippen molar-refractivity contribution in [3.05, 3.63) is 76.7 Å². The third-order valence-corrected chi connectivity index (χ3v) is 5.50. The first-order valence-electron chi connectivity index (χ1n) is 8.53. The number of carbonyl (C=O) groups is 2. The molecule has 2 N–H and O–H groups in total. The van der Waals surface area contributed by atoms with Crippen LogP contribution in [-0.2, 0) is 11.3 Å². The Morgan fingerprint density at radius 2 is 1.81 bits per heavy atom. The predicted molar refractivity (Wildman–Crippen MR) is 101 cm³/mol. The second-order valence-electron chi connectivity index (χ2n) is 6.48. The van der Waals surface area contributed by atoms with Crippen molar-refractivity contribution in [3.63, 3.8) is 0 Å². The normalized spacial score (nSPS) is 19.0. The lowest BCUT2D eigenvalue weighted by Gasteiger charge is -2.25. The summed E-state index contributed by atoms with van der Waals surface area (Å²) in [5, 5.41) is 5.61. The molecular weight excluding hydrogens is 365 g/mol. The van der Waals surface area contributed by atoms with E-state index in [-0.39, 0.29) is 17.8 Å². The largest absolute Gasteiger partial charge is 0.329 e. The highest BCUT2D eigenvalue weighted by Crippen LogP contribution is 2.33. The highest BCUT2D eigenvalue weighted by Gasteiger charge is 2.40. The van der Waals surface area contributed by atoms with Gasteiger partial charge in [0.2, 0.25) is 0 Å². The molecule has 0 aromatic heterocycles. The van der Waals surface area contributed by atoms with Gasteiger partial charge < -0.3 is 15.5 Å². The first kappa shape index (κ1) is 17.6. The molecule has 0 spiro atoms. The van der Waals surface area contributed by atoms with Crippen molar-refractivity contribution in [2.45, 2.75) is 17.5 Å². The van der Waals surface area contributed by atoms with Gasteiger partial charge in [-0.3, -0.25) is 4.79 Å². The van der Waals surface area contributed by atoms with Gasteiger partial charge in [0.05, 0.1) is 23.9 Å². The summed E-state index contributed by atoms with van der Waals surface area (Å²) in [4.78, 5) is 27.9. The van der Waals surface area contributed by atoms with Gasteiger partial charge in [0, 0.05) is 11.4 Å². The zero-order valence-corrected chi connectivity index (χ0v) is 15.5. The van der Waals surface area contributed by atoms with Gasteiger partial charge in [0.1, 0.15) is 5.82 Å². The number of hydrogen-bond donors (Lipinski definition) is 2. The molecule has 2 aromatic rings. The number of urea groups is 1. The zero-order valence-electron chi connectivity index (χ0n) is 14.7. The summed E-state index contributed by atoms with van der Waals surface area (Å²) in [6.45, 7) is 0.693. The zero-order chi connectivity index (χ0) is 19.0. The van der Waals surface area contributed by atoms with E-state index in [1.807, 2.05) is 30.5 Å². The van der Waals surface area contributed by atoms with Crippen LogP contribution in [-0.4, -0.2) is 29.6 Å². The molecule has 2 heterocycles. The monoisotopic (exact) mass is 383 g/mol. The second-order valence-corrected chi connectivity index (χ2v) is 7.36. The Hall–Kier alpha value is -2.80. The average molecular weight is 383 g/mol. The molecule has 2 aliphatic heterocycles. The van der Waals surface area contributed by atoms with Crippen LogP contribution in [0.2, 0.25) is 0 Å². The molecule has 27 heavy (non-hydrogen) atoms. The van der Waals surface area contributed by atoms with E-state index in [0.717, 1.165) is 16.0 Å². The van der Waals surface area contributed by atoms with E-state index >= 15 is 0 Å². The van der Waals surface area contributed by atoms with Crippen molar-refractivity contribution in [1.29, 1.82) is 0 Å². The maximum absolute atomic E-state index is 13.1. The summed E-state index contributed by atoms with van der Waals surface area (Å²) in [7, 11) is 0. The van der Waals surface area contributed by atoms with Crippen LogP contribution in [0.1, 0.15) is 17.2 Å². The maximum Gasteiger partial charge on any atom is 0.319 e. The number of halogens is 1. The van der Waals surface area contributed by atoms with Crippen molar-refractivity contribution in [3.8, 4) is 0 Å². The summed E-state index contributed by atoms with van der Waals surface area (Å²) in [5.74, 6) is -0.435. The van der Waals surface area contributed by atoms with Crippen molar-refractivity contribution < 1.29 is 14.0 Å². The fourth-order valence-corrected chi connectivity index (χ4v) is 3.82. The van der Waals surface area contributed by atoms with Crippen LogP contribution in [0.4, 0.5) is 9.18 Å². The van der Waals surface area contributed by atoms with Crippen molar-refractivity contribution >= 4 is 23.7 Å². The minimum Gasteiger partial charge on any atom is -0.329 e. The number of hydrogen-bond acceptors (Lipinski definition) is 3. The lowest BCUT2D eigenvalue weighted by Crippen LogP contribution is -2.44. The van der Waals surface area contributed by atoms with Crippen molar-refractivity contribution in [1.82, 2.24) is 15.5 Å². The molecule has 138 valence electrons. The second kappa shape index (κ2) is 7.08. The topological polar surface area (TPSA) is 61.4 Å². The highest BCUT2D eigenvalue weighted by atomic mass is 32.2. The van der Waals surface area contributed by atoms with Crippen molar-refractivity contribution in [2.75, 3.05) is 12.8 Å². The summed E-state index contributed by atoms with van der Waals surface area (Å²) in [6.07, 6.45) is 2.00. The van der Waals surface area contributed by atoms with Crippen LogP contribution in [0.25, 0.3) is 0 Å². The molecule has 7 heteroatoms. The van der Waals surface area contributed by atoms with E-state index in [4.69, 9.17) is 0 Å². The molecule has 4 rings (SSSR count). The Kier molecular flexibility index (Phi) is 4.61. The highest BCUT2D eigenvalue weighted by molar-refractivity contribution is 7.98. The Bertz CT molecular complexity index is 925. The molecule has 1 atom stereocenters. The molecule has 0 saturated carbocycles. The molecule has 0 unspecified atom stereocenters. The number of amides is 3. The quantitative estimate of drug-likeness (QED) is 0.797. The van der Waals surface area contributed by atoms with E-state index in [2.05, 4.69) is 10.6 Å². The molecular formula is C20H18FN3O2S. The fraction of sp³-hybridized carbons (Fsp3) is 0.200. The van der Waals surface area contributed by atoms with E-state index in [9.17, 15) is 14.0 Å². The van der Waals surface area contributed by atoms with Crippen LogP contribution in [0.3, 0.4) is 0 Å². The van der Waals surface area contributed by atoms with Gasteiger partial charge in [0.25, 0.3) is 5.91 Å². The Balaban J connectivity index is 1.60. The molecule has 0 saturated heterocycles. The molecule has 2 aromatic carbocycles. The molecule has 3 amide bonds. The van der Waals surface area contributed by atoms with Crippen LogP contribution in [0, 0.1) is 5.82 Å². The number of nitrogens with zero attached hydrogens (tertiary/aromatic N) is 1. The van der Waals surface area contributed by atoms with Gasteiger partial charge in [0.15, 0.2) is 0 Å². The summed E-state index contributed by atoms with van der Waals surface area (Å²) < 4.78 is 13.1. The first-order valence-corrected chi connectivity index (χ1v) is 9.76. The molecule has 0 fully saturated rings. The lowest BCUT2D eigenvalue weighted by molar-refractivity contribution is -0.126. The van der Waals surface area contributed by atoms with Gasteiger partial charge in [-0.1, -0.05) is 24.3 Å². The number of benzene rings is 2. The van der Waals surface area contributed by atoms with Crippen LogP contribution >= 0.6 is 11.8 Å².